The number of rotatable bonds is 4. The summed E-state index contributed by atoms with van der Waals surface area (Å²) >= 11 is 0. The normalized spacial score (nSPS) is 10.9. The van der Waals surface area contributed by atoms with Crippen molar-refractivity contribution in [2.45, 2.75) is 26.4 Å². The molecule has 0 saturated carbocycles. The zero-order valence-electron chi connectivity index (χ0n) is 11.2. The van der Waals surface area contributed by atoms with Gasteiger partial charge in [0.25, 0.3) is 0 Å². The number of carbonyl (C=O) groups is 1. The van der Waals surface area contributed by atoms with E-state index in [0.29, 0.717) is 17.4 Å². The van der Waals surface area contributed by atoms with Crippen LogP contribution >= 0.6 is 0 Å². The van der Waals surface area contributed by atoms with Crippen molar-refractivity contribution in [3.05, 3.63) is 12.1 Å². The summed E-state index contributed by atoms with van der Waals surface area (Å²) in [4.78, 5) is 15.3. The highest BCUT2D eigenvalue weighted by molar-refractivity contribution is 5.80. The van der Waals surface area contributed by atoms with Crippen LogP contribution in [0.1, 0.15) is 20.8 Å². The minimum Gasteiger partial charge on any atom is -0.470 e. The van der Waals surface area contributed by atoms with E-state index in [9.17, 15) is 4.79 Å². The summed E-state index contributed by atoms with van der Waals surface area (Å²) in [5.41, 5.74) is 5.88. The minimum atomic E-state index is -0.374. The van der Waals surface area contributed by atoms with Gasteiger partial charge in [-0.15, -0.1) is 0 Å². The lowest BCUT2D eigenvalue weighted by Crippen LogP contribution is -2.27. The lowest BCUT2D eigenvalue weighted by molar-refractivity contribution is -0.118. The molecule has 1 amide bonds. The number of carbonyl (C=O) groups excluding carboxylic acids is 1. The number of nitrogen functional groups attached to an aromatic ring is 1. The Hall–Kier alpha value is -1.98. The van der Waals surface area contributed by atoms with Gasteiger partial charge in [-0.05, 0) is 32.9 Å². The minimum absolute atomic E-state index is 0.119. The monoisotopic (exact) mass is 252 g/mol. The van der Waals surface area contributed by atoms with Crippen LogP contribution < -0.4 is 21.1 Å². The van der Waals surface area contributed by atoms with E-state index in [1.54, 1.807) is 19.2 Å². The maximum absolute atomic E-state index is 11.1. The Morgan fingerprint density at radius 2 is 2.11 bits per heavy atom. The van der Waals surface area contributed by atoms with Crippen LogP contribution in [-0.4, -0.2) is 30.1 Å². The number of likely N-dealkylation sites (N-methyl/N-ethyl adjacent to an activating group) is 1. The van der Waals surface area contributed by atoms with E-state index < -0.39 is 0 Å². The van der Waals surface area contributed by atoms with Crippen LogP contribution in [0.2, 0.25) is 0 Å². The third-order valence-corrected chi connectivity index (χ3v) is 2.00. The van der Waals surface area contributed by atoms with Crippen molar-refractivity contribution in [3.8, 4) is 5.88 Å². The Morgan fingerprint density at radius 1 is 1.44 bits per heavy atom. The molecule has 0 bridgehead atoms. The third-order valence-electron chi connectivity index (χ3n) is 2.00. The molecule has 6 heteroatoms. The van der Waals surface area contributed by atoms with Crippen molar-refractivity contribution in [1.82, 2.24) is 10.3 Å². The van der Waals surface area contributed by atoms with E-state index in [2.05, 4.69) is 15.6 Å². The van der Waals surface area contributed by atoms with Gasteiger partial charge in [-0.25, -0.2) is 0 Å². The molecule has 1 aromatic rings. The smallest absolute Gasteiger partial charge is 0.239 e. The molecule has 4 N–H and O–H groups in total. The molecule has 0 unspecified atom stereocenters. The van der Waals surface area contributed by atoms with Gasteiger partial charge in [0, 0.05) is 7.05 Å². The molecule has 6 nitrogen and oxygen atoms in total. The highest BCUT2D eigenvalue weighted by atomic mass is 16.5. The van der Waals surface area contributed by atoms with Crippen molar-refractivity contribution in [2.75, 3.05) is 24.6 Å². The van der Waals surface area contributed by atoms with Gasteiger partial charge in [0.2, 0.25) is 11.8 Å². The van der Waals surface area contributed by atoms with Crippen molar-refractivity contribution >= 4 is 17.4 Å². The Morgan fingerprint density at radius 3 is 2.67 bits per heavy atom. The van der Waals surface area contributed by atoms with E-state index in [1.165, 1.54) is 0 Å². The van der Waals surface area contributed by atoms with Crippen LogP contribution in [0.25, 0.3) is 0 Å². The summed E-state index contributed by atoms with van der Waals surface area (Å²) in [7, 11) is 1.58. The first kappa shape index (κ1) is 14.1. The molecular formula is C12H20N4O2. The second kappa shape index (κ2) is 5.57. The van der Waals surface area contributed by atoms with Gasteiger partial charge < -0.3 is 21.1 Å². The van der Waals surface area contributed by atoms with E-state index >= 15 is 0 Å². The number of nitrogens with one attached hydrogen (secondary N) is 2. The lowest BCUT2D eigenvalue weighted by Gasteiger charge is -2.21. The van der Waals surface area contributed by atoms with Crippen molar-refractivity contribution in [2.24, 2.45) is 0 Å². The number of ether oxygens (including phenoxy) is 1. The predicted octanol–water partition coefficient (Wildman–Crippen LogP) is 0.999. The quantitative estimate of drug-likeness (QED) is 0.744. The first-order chi connectivity index (χ1) is 8.31. The number of aromatic nitrogens is 1. The highest BCUT2D eigenvalue weighted by Crippen LogP contribution is 2.24. The maximum Gasteiger partial charge on any atom is 0.239 e. The number of nitrogens with zero attached hydrogens (tertiary/aromatic N) is 1. The predicted molar refractivity (Wildman–Crippen MR) is 71.6 cm³/mol. The number of nitrogens with two attached hydrogens (primary N) is 1. The summed E-state index contributed by atoms with van der Waals surface area (Å²) in [6.45, 7) is 5.90. The van der Waals surface area contributed by atoms with Gasteiger partial charge in [0.15, 0.2) is 0 Å². The molecule has 0 aliphatic carbocycles. The summed E-state index contributed by atoms with van der Waals surface area (Å²) in [5, 5.41) is 5.40. The Bertz CT molecular complexity index is 427. The summed E-state index contributed by atoms with van der Waals surface area (Å²) in [5.74, 6) is 0.795. The fourth-order valence-corrected chi connectivity index (χ4v) is 1.18. The fourth-order valence-electron chi connectivity index (χ4n) is 1.18. The first-order valence-corrected chi connectivity index (χ1v) is 5.72. The molecule has 100 valence electrons. The van der Waals surface area contributed by atoms with Crippen LogP contribution in [0.15, 0.2) is 12.1 Å². The van der Waals surface area contributed by atoms with Crippen LogP contribution in [0.3, 0.4) is 0 Å². The highest BCUT2D eigenvalue weighted by Gasteiger charge is 2.15. The summed E-state index contributed by atoms with van der Waals surface area (Å²) in [6.07, 6.45) is 0. The van der Waals surface area contributed by atoms with Gasteiger partial charge in [-0.2, -0.15) is 4.98 Å². The zero-order chi connectivity index (χ0) is 13.8. The van der Waals surface area contributed by atoms with E-state index in [-0.39, 0.29) is 18.1 Å². The molecule has 0 fully saturated rings. The molecule has 0 aromatic carbocycles. The lowest BCUT2D eigenvalue weighted by atomic mass is 10.2. The molecular weight excluding hydrogens is 232 g/mol. The molecule has 18 heavy (non-hydrogen) atoms. The molecule has 0 radical (unpaired) electrons. The topological polar surface area (TPSA) is 89.3 Å². The van der Waals surface area contributed by atoms with Crippen molar-refractivity contribution < 1.29 is 9.53 Å². The standard InChI is InChI=1S/C12H20N4O2/c1-12(2,3)18-11-8(13)5-6-9(16-11)15-7-10(17)14-4/h5-6H,7,13H2,1-4H3,(H,14,17)(H,15,16). The van der Waals surface area contributed by atoms with Gasteiger partial charge in [-0.3, -0.25) is 4.79 Å². The van der Waals surface area contributed by atoms with Crippen LogP contribution in [0.5, 0.6) is 5.88 Å². The molecule has 0 aliphatic heterocycles. The molecule has 1 rings (SSSR count). The summed E-state index contributed by atoms with van der Waals surface area (Å²) in [6, 6.07) is 3.40. The molecule has 1 heterocycles. The number of hydrogen-bond donors (Lipinski definition) is 3. The largest absolute Gasteiger partial charge is 0.470 e. The van der Waals surface area contributed by atoms with Gasteiger partial charge in [0.05, 0.1) is 12.2 Å². The first-order valence-electron chi connectivity index (χ1n) is 5.72. The number of amides is 1. The Balaban J connectivity index is 2.77. The Labute approximate surface area is 107 Å². The van der Waals surface area contributed by atoms with Crippen LogP contribution in [-0.2, 0) is 4.79 Å². The van der Waals surface area contributed by atoms with Crippen LogP contribution in [0.4, 0.5) is 11.5 Å². The third kappa shape index (κ3) is 4.48. The molecule has 0 aliphatic rings. The molecule has 1 aromatic heterocycles. The molecule has 0 saturated heterocycles. The molecule has 0 atom stereocenters. The zero-order valence-corrected chi connectivity index (χ0v) is 11.2. The van der Waals surface area contributed by atoms with E-state index in [4.69, 9.17) is 10.5 Å². The second-order valence-corrected chi connectivity index (χ2v) is 4.83. The van der Waals surface area contributed by atoms with Crippen molar-refractivity contribution in [3.63, 3.8) is 0 Å². The number of anilines is 2. The second-order valence-electron chi connectivity index (χ2n) is 4.83. The summed E-state index contributed by atoms with van der Waals surface area (Å²) < 4.78 is 5.63. The van der Waals surface area contributed by atoms with Gasteiger partial charge in [0.1, 0.15) is 11.4 Å². The van der Waals surface area contributed by atoms with Crippen molar-refractivity contribution in [1.29, 1.82) is 0 Å². The Kier molecular flexibility index (Phi) is 4.36. The molecule has 0 spiro atoms. The average molecular weight is 252 g/mol. The fraction of sp³-hybridized carbons (Fsp3) is 0.500. The van der Waals surface area contributed by atoms with E-state index in [1.807, 2.05) is 20.8 Å². The SMILES string of the molecule is CNC(=O)CNc1ccc(N)c(OC(C)(C)C)n1. The van der Waals surface area contributed by atoms with Gasteiger partial charge >= 0.3 is 0 Å². The van der Waals surface area contributed by atoms with E-state index in [0.717, 1.165) is 0 Å². The average Bonchev–Trinajstić information content (AvgIpc) is 2.28. The maximum atomic E-state index is 11.1. The van der Waals surface area contributed by atoms with Crippen LogP contribution in [0, 0.1) is 0 Å². The van der Waals surface area contributed by atoms with Gasteiger partial charge in [-0.1, -0.05) is 0 Å². The number of hydrogen-bond acceptors (Lipinski definition) is 5. The number of pyridine rings is 1.